The second-order valence-corrected chi connectivity index (χ2v) is 10.0. The van der Waals surface area contributed by atoms with Gasteiger partial charge in [0.1, 0.15) is 0 Å². The first-order valence-corrected chi connectivity index (χ1v) is 13.2. The van der Waals surface area contributed by atoms with E-state index in [9.17, 15) is 19.7 Å². The van der Waals surface area contributed by atoms with Crippen LogP contribution in [-0.2, 0) is 13.0 Å². The number of aryl methyl sites for hydroxylation is 1. The number of amides is 2. The van der Waals surface area contributed by atoms with E-state index in [0.717, 1.165) is 47.3 Å². The highest BCUT2D eigenvalue weighted by molar-refractivity contribution is 5.95. The molecule has 1 heterocycles. The lowest BCUT2D eigenvalue weighted by Gasteiger charge is -2.32. The van der Waals surface area contributed by atoms with Crippen molar-refractivity contribution in [1.29, 1.82) is 0 Å². The van der Waals surface area contributed by atoms with Gasteiger partial charge in [0.2, 0.25) is 5.91 Å². The number of non-ortho nitro benzene ring substituents is 1. The van der Waals surface area contributed by atoms with Crippen molar-refractivity contribution in [1.82, 2.24) is 5.32 Å². The van der Waals surface area contributed by atoms with Gasteiger partial charge in [-0.15, -0.1) is 0 Å². The summed E-state index contributed by atoms with van der Waals surface area (Å²) in [5, 5.41) is 13.9. The van der Waals surface area contributed by atoms with Gasteiger partial charge in [-0.1, -0.05) is 48.5 Å². The molecule has 3 N–H and O–H groups in total. The standard InChI is InChI=1S/C32H30N4O4/c1-21(22-12-15-28(16-13-22)36(39)40)34-32(38)26-14-17-30-25(19-26)6-4-18-35(30)20-27-5-2-3-7-29(27)23-8-10-24(11-9-23)31(33)37/h2-3,5,7-17,19,21H,4,6,18,20H2,1H3,(H2,33,37)(H,34,38). The molecule has 1 atom stereocenters. The fourth-order valence-electron chi connectivity index (χ4n) is 5.19. The zero-order chi connectivity index (χ0) is 28.2. The van der Waals surface area contributed by atoms with Crippen molar-refractivity contribution in [2.45, 2.75) is 32.4 Å². The lowest BCUT2D eigenvalue weighted by molar-refractivity contribution is -0.384. The predicted molar refractivity (Wildman–Crippen MR) is 155 cm³/mol. The van der Waals surface area contributed by atoms with Crippen LogP contribution in [0.15, 0.2) is 91.0 Å². The molecule has 0 radical (unpaired) electrons. The van der Waals surface area contributed by atoms with E-state index in [1.807, 2.05) is 49.4 Å². The summed E-state index contributed by atoms with van der Waals surface area (Å²) in [4.78, 5) is 37.4. The topological polar surface area (TPSA) is 119 Å². The van der Waals surface area contributed by atoms with Crippen LogP contribution in [0.5, 0.6) is 0 Å². The molecule has 8 heteroatoms. The Bertz CT molecular complexity index is 1570. The average Bonchev–Trinajstić information content (AvgIpc) is 2.97. The minimum atomic E-state index is -0.446. The van der Waals surface area contributed by atoms with Crippen LogP contribution >= 0.6 is 0 Å². The first kappa shape index (κ1) is 26.6. The minimum absolute atomic E-state index is 0.0186. The molecule has 8 nitrogen and oxygen atoms in total. The van der Waals surface area contributed by atoms with E-state index >= 15 is 0 Å². The van der Waals surface area contributed by atoms with Gasteiger partial charge in [0.05, 0.1) is 11.0 Å². The molecule has 0 saturated heterocycles. The van der Waals surface area contributed by atoms with Gasteiger partial charge in [0, 0.05) is 42.0 Å². The summed E-state index contributed by atoms with van der Waals surface area (Å²) in [6.45, 7) is 3.48. The number of nitro groups is 1. The summed E-state index contributed by atoms with van der Waals surface area (Å²) in [6.07, 6.45) is 1.87. The molecule has 4 aromatic rings. The van der Waals surface area contributed by atoms with Crippen molar-refractivity contribution < 1.29 is 14.5 Å². The molecule has 40 heavy (non-hydrogen) atoms. The molecular formula is C32H30N4O4. The van der Waals surface area contributed by atoms with Gasteiger partial charge >= 0.3 is 0 Å². The number of anilines is 1. The number of fused-ring (bicyclic) bond motifs is 1. The number of primary amides is 1. The smallest absolute Gasteiger partial charge is 0.269 e. The number of hydrogen-bond acceptors (Lipinski definition) is 5. The van der Waals surface area contributed by atoms with E-state index in [1.165, 1.54) is 17.7 Å². The third-order valence-corrected chi connectivity index (χ3v) is 7.37. The second kappa shape index (κ2) is 11.4. The molecule has 0 spiro atoms. The van der Waals surface area contributed by atoms with Crippen LogP contribution in [0.3, 0.4) is 0 Å². The summed E-state index contributed by atoms with van der Waals surface area (Å²) < 4.78 is 0. The Balaban J connectivity index is 1.32. The van der Waals surface area contributed by atoms with Gasteiger partial charge in [-0.3, -0.25) is 19.7 Å². The zero-order valence-corrected chi connectivity index (χ0v) is 22.2. The lowest BCUT2D eigenvalue weighted by atomic mass is 9.95. The molecule has 1 aliphatic heterocycles. The van der Waals surface area contributed by atoms with Crippen LogP contribution in [0, 0.1) is 10.1 Å². The third kappa shape index (κ3) is 5.71. The number of nitrogens with two attached hydrogens (primary N) is 1. The number of nitrogens with zero attached hydrogens (tertiary/aromatic N) is 2. The summed E-state index contributed by atoms with van der Waals surface area (Å²) in [7, 11) is 0. The Morgan fingerprint density at radius 2 is 1.68 bits per heavy atom. The van der Waals surface area contributed by atoms with E-state index in [-0.39, 0.29) is 17.6 Å². The number of hydrogen-bond donors (Lipinski definition) is 2. The molecule has 5 rings (SSSR count). The Hall–Kier alpha value is -4.98. The first-order valence-electron chi connectivity index (χ1n) is 13.2. The van der Waals surface area contributed by atoms with E-state index in [2.05, 4.69) is 22.3 Å². The molecular weight excluding hydrogens is 504 g/mol. The molecule has 0 aromatic heterocycles. The highest BCUT2D eigenvalue weighted by Crippen LogP contribution is 2.32. The van der Waals surface area contributed by atoms with E-state index in [4.69, 9.17) is 5.73 Å². The van der Waals surface area contributed by atoms with Crippen molar-refractivity contribution in [3.63, 3.8) is 0 Å². The number of carbonyl (C=O) groups excluding carboxylic acids is 2. The number of nitrogens with one attached hydrogen (secondary N) is 1. The van der Waals surface area contributed by atoms with Crippen molar-refractivity contribution in [3.8, 4) is 11.1 Å². The van der Waals surface area contributed by atoms with E-state index in [0.29, 0.717) is 17.7 Å². The Morgan fingerprint density at radius 1 is 0.975 bits per heavy atom. The lowest BCUT2D eigenvalue weighted by Crippen LogP contribution is -2.30. The summed E-state index contributed by atoms with van der Waals surface area (Å²) in [5.41, 5.74) is 12.8. The SMILES string of the molecule is CC(NC(=O)c1ccc2c(c1)CCCN2Cc1ccccc1-c1ccc(C(N)=O)cc1)c1ccc([N+](=O)[O-])cc1. The van der Waals surface area contributed by atoms with Gasteiger partial charge in [-0.25, -0.2) is 0 Å². The monoisotopic (exact) mass is 534 g/mol. The molecule has 0 fully saturated rings. The number of benzene rings is 4. The van der Waals surface area contributed by atoms with Crippen molar-refractivity contribution in [2.24, 2.45) is 5.73 Å². The van der Waals surface area contributed by atoms with E-state index in [1.54, 1.807) is 24.3 Å². The summed E-state index contributed by atoms with van der Waals surface area (Å²) in [5.74, 6) is -0.630. The molecule has 2 amide bonds. The van der Waals surface area contributed by atoms with Crippen LogP contribution in [0.2, 0.25) is 0 Å². The normalized spacial score (nSPS) is 13.3. The predicted octanol–water partition coefficient (Wildman–Crippen LogP) is 5.80. The van der Waals surface area contributed by atoms with Crippen molar-refractivity contribution in [2.75, 3.05) is 11.4 Å². The maximum Gasteiger partial charge on any atom is 0.269 e. The largest absolute Gasteiger partial charge is 0.367 e. The molecule has 202 valence electrons. The summed E-state index contributed by atoms with van der Waals surface area (Å²) in [6, 6.07) is 27.3. The Kier molecular flexibility index (Phi) is 7.59. The fourth-order valence-corrected chi connectivity index (χ4v) is 5.19. The average molecular weight is 535 g/mol. The quantitative estimate of drug-likeness (QED) is 0.219. The zero-order valence-electron chi connectivity index (χ0n) is 22.2. The van der Waals surface area contributed by atoms with Gasteiger partial charge in [0.15, 0.2) is 0 Å². The van der Waals surface area contributed by atoms with Gasteiger partial charge in [0.25, 0.3) is 11.6 Å². The number of carbonyl (C=O) groups is 2. The molecule has 1 aliphatic rings. The number of rotatable bonds is 8. The summed E-state index contributed by atoms with van der Waals surface area (Å²) >= 11 is 0. The first-order chi connectivity index (χ1) is 19.3. The van der Waals surface area contributed by atoms with Gasteiger partial charge in [-0.05, 0) is 77.9 Å². The molecule has 0 bridgehead atoms. The maximum atomic E-state index is 13.1. The van der Waals surface area contributed by atoms with Gasteiger partial charge < -0.3 is 16.0 Å². The minimum Gasteiger partial charge on any atom is -0.367 e. The fraction of sp³-hybridized carbons (Fsp3) is 0.188. The van der Waals surface area contributed by atoms with E-state index < -0.39 is 10.8 Å². The van der Waals surface area contributed by atoms with Crippen molar-refractivity contribution in [3.05, 3.63) is 129 Å². The van der Waals surface area contributed by atoms with Gasteiger partial charge in [-0.2, -0.15) is 0 Å². The maximum absolute atomic E-state index is 13.1. The number of nitro benzene ring substituents is 1. The van der Waals surface area contributed by atoms with Crippen LogP contribution in [0.4, 0.5) is 11.4 Å². The molecule has 0 aliphatic carbocycles. The molecule has 4 aromatic carbocycles. The van der Waals surface area contributed by atoms with Crippen LogP contribution < -0.4 is 16.0 Å². The van der Waals surface area contributed by atoms with Crippen LogP contribution in [-0.4, -0.2) is 23.3 Å². The van der Waals surface area contributed by atoms with Crippen LogP contribution in [0.25, 0.3) is 11.1 Å². The molecule has 1 unspecified atom stereocenters. The highest BCUT2D eigenvalue weighted by atomic mass is 16.6. The second-order valence-electron chi connectivity index (χ2n) is 10.0. The highest BCUT2D eigenvalue weighted by Gasteiger charge is 2.21. The molecule has 0 saturated carbocycles. The Labute approximate surface area is 232 Å². The van der Waals surface area contributed by atoms with Crippen molar-refractivity contribution >= 4 is 23.2 Å². The Morgan fingerprint density at radius 3 is 2.38 bits per heavy atom. The third-order valence-electron chi connectivity index (χ3n) is 7.37. The van der Waals surface area contributed by atoms with Crippen LogP contribution in [0.1, 0.15) is 56.8 Å².